The minimum absolute atomic E-state index is 1.30. The molecule has 0 fully saturated rings. The second-order valence-corrected chi connectivity index (χ2v) is 4.60. The lowest BCUT2D eigenvalue weighted by molar-refractivity contribution is 1.32. The SMILES string of the molecule is Cc1ccc(C)c2c1[CH]C=C2c1ccccc1. The zero-order chi connectivity index (χ0) is 11.8. The molecule has 2 aromatic rings. The monoisotopic (exact) mass is 219 g/mol. The third kappa shape index (κ3) is 1.61. The van der Waals surface area contributed by atoms with Gasteiger partial charge in [0.25, 0.3) is 0 Å². The third-order valence-corrected chi connectivity index (χ3v) is 3.44. The summed E-state index contributed by atoms with van der Waals surface area (Å²) in [6, 6.07) is 15.0. The highest BCUT2D eigenvalue weighted by Crippen LogP contribution is 2.37. The van der Waals surface area contributed by atoms with Crippen LogP contribution in [0.15, 0.2) is 48.5 Å². The highest BCUT2D eigenvalue weighted by atomic mass is 14.2. The van der Waals surface area contributed by atoms with Crippen LogP contribution in [0.2, 0.25) is 0 Å². The molecule has 0 amide bonds. The van der Waals surface area contributed by atoms with E-state index in [9.17, 15) is 0 Å². The standard InChI is InChI=1S/C17H15/c1-12-8-9-13(2)17-15(12)10-11-16(17)14-6-4-3-5-7-14/h3-11H,1-2H3. The first-order valence-corrected chi connectivity index (χ1v) is 5.98. The fraction of sp³-hybridized carbons (Fsp3) is 0.118. The van der Waals surface area contributed by atoms with Crippen LogP contribution in [0.1, 0.15) is 27.8 Å². The molecule has 0 aliphatic heterocycles. The molecule has 0 N–H and O–H groups in total. The molecule has 1 aliphatic rings. The summed E-state index contributed by atoms with van der Waals surface area (Å²) in [6.45, 7) is 4.37. The van der Waals surface area contributed by atoms with Crippen molar-refractivity contribution in [2.75, 3.05) is 0 Å². The van der Waals surface area contributed by atoms with Crippen LogP contribution in [0.4, 0.5) is 0 Å². The van der Waals surface area contributed by atoms with E-state index in [2.05, 4.69) is 68.8 Å². The predicted molar refractivity (Wildman–Crippen MR) is 72.8 cm³/mol. The highest BCUT2D eigenvalue weighted by molar-refractivity contribution is 5.89. The summed E-state index contributed by atoms with van der Waals surface area (Å²) >= 11 is 0. The van der Waals surface area contributed by atoms with Crippen molar-refractivity contribution in [3.8, 4) is 0 Å². The van der Waals surface area contributed by atoms with Crippen molar-refractivity contribution in [3.63, 3.8) is 0 Å². The Morgan fingerprint density at radius 1 is 0.765 bits per heavy atom. The van der Waals surface area contributed by atoms with E-state index in [4.69, 9.17) is 0 Å². The van der Waals surface area contributed by atoms with E-state index < -0.39 is 0 Å². The lowest BCUT2D eigenvalue weighted by Crippen LogP contribution is -1.93. The number of aryl methyl sites for hydroxylation is 2. The Balaban J connectivity index is 2.19. The summed E-state index contributed by atoms with van der Waals surface area (Å²) in [5.41, 5.74) is 8.14. The molecular weight excluding hydrogens is 204 g/mol. The number of benzene rings is 2. The van der Waals surface area contributed by atoms with E-state index >= 15 is 0 Å². The van der Waals surface area contributed by atoms with Crippen molar-refractivity contribution in [3.05, 3.63) is 82.8 Å². The molecule has 0 aromatic heterocycles. The van der Waals surface area contributed by atoms with Gasteiger partial charge in [-0.1, -0.05) is 48.5 Å². The molecule has 1 radical (unpaired) electrons. The van der Waals surface area contributed by atoms with Gasteiger partial charge in [-0.3, -0.25) is 0 Å². The van der Waals surface area contributed by atoms with Crippen LogP contribution in [-0.2, 0) is 0 Å². The van der Waals surface area contributed by atoms with Crippen LogP contribution in [0.3, 0.4) is 0 Å². The summed E-state index contributed by atoms with van der Waals surface area (Å²) in [6.07, 6.45) is 4.47. The van der Waals surface area contributed by atoms with Crippen LogP contribution < -0.4 is 0 Å². The molecule has 0 nitrogen and oxygen atoms in total. The van der Waals surface area contributed by atoms with Crippen molar-refractivity contribution in [1.82, 2.24) is 0 Å². The fourth-order valence-corrected chi connectivity index (χ4v) is 2.51. The number of hydrogen-bond donors (Lipinski definition) is 0. The highest BCUT2D eigenvalue weighted by Gasteiger charge is 2.19. The summed E-state index contributed by atoms with van der Waals surface area (Å²) in [4.78, 5) is 0. The molecule has 83 valence electrons. The maximum absolute atomic E-state index is 2.24. The van der Waals surface area contributed by atoms with Gasteiger partial charge >= 0.3 is 0 Å². The average Bonchev–Trinajstić information content (AvgIpc) is 2.81. The van der Waals surface area contributed by atoms with Crippen LogP contribution in [-0.4, -0.2) is 0 Å². The molecule has 0 heteroatoms. The number of allylic oxidation sites excluding steroid dienone is 1. The average molecular weight is 219 g/mol. The van der Waals surface area contributed by atoms with Gasteiger partial charge < -0.3 is 0 Å². The van der Waals surface area contributed by atoms with Gasteiger partial charge in [-0.15, -0.1) is 0 Å². The van der Waals surface area contributed by atoms with Gasteiger partial charge in [-0.05, 0) is 47.2 Å². The van der Waals surface area contributed by atoms with Gasteiger partial charge in [-0.2, -0.15) is 0 Å². The number of hydrogen-bond acceptors (Lipinski definition) is 0. The number of fused-ring (bicyclic) bond motifs is 1. The van der Waals surface area contributed by atoms with E-state index in [1.54, 1.807) is 0 Å². The zero-order valence-corrected chi connectivity index (χ0v) is 10.2. The largest absolute Gasteiger partial charge is 0.0675 e. The second-order valence-electron chi connectivity index (χ2n) is 4.60. The maximum Gasteiger partial charge on any atom is 0.0140 e. The summed E-state index contributed by atoms with van der Waals surface area (Å²) in [5.74, 6) is 0. The predicted octanol–water partition coefficient (Wildman–Crippen LogP) is 4.30. The van der Waals surface area contributed by atoms with Crippen molar-refractivity contribution in [2.24, 2.45) is 0 Å². The van der Waals surface area contributed by atoms with Crippen molar-refractivity contribution >= 4 is 5.57 Å². The van der Waals surface area contributed by atoms with Crippen LogP contribution >= 0.6 is 0 Å². The molecule has 0 saturated carbocycles. The Morgan fingerprint density at radius 3 is 2.24 bits per heavy atom. The van der Waals surface area contributed by atoms with E-state index in [1.165, 1.54) is 33.4 Å². The van der Waals surface area contributed by atoms with E-state index in [0.29, 0.717) is 0 Å². The first kappa shape index (κ1) is 10.3. The minimum Gasteiger partial charge on any atom is -0.0675 e. The van der Waals surface area contributed by atoms with E-state index in [-0.39, 0.29) is 0 Å². The van der Waals surface area contributed by atoms with E-state index in [1.807, 2.05) is 0 Å². The minimum atomic E-state index is 1.30. The molecule has 2 aromatic carbocycles. The van der Waals surface area contributed by atoms with Gasteiger partial charge in [0.15, 0.2) is 0 Å². The van der Waals surface area contributed by atoms with Gasteiger partial charge in [0, 0.05) is 6.42 Å². The lowest BCUT2D eigenvalue weighted by Gasteiger charge is -2.11. The summed E-state index contributed by atoms with van der Waals surface area (Å²) in [7, 11) is 0. The molecule has 3 rings (SSSR count). The third-order valence-electron chi connectivity index (χ3n) is 3.44. The zero-order valence-electron chi connectivity index (χ0n) is 10.2. The first-order chi connectivity index (χ1) is 8.27. The Labute approximate surface area is 103 Å². The molecule has 17 heavy (non-hydrogen) atoms. The molecule has 0 spiro atoms. The Bertz CT molecular complexity index is 589. The summed E-state index contributed by atoms with van der Waals surface area (Å²) in [5, 5.41) is 0. The van der Waals surface area contributed by atoms with Gasteiger partial charge in [0.2, 0.25) is 0 Å². The fourth-order valence-electron chi connectivity index (χ4n) is 2.51. The molecule has 0 atom stereocenters. The van der Waals surface area contributed by atoms with E-state index in [0.717, 1.165) is 0 Å². The molecule has 0 unspecified atom stereocenters. The molecule has 0 saturated heterocycles. The van der Waals surface area contributed by atoms with Crippen LogP contribution in [0.25, 0.3) is 5.57 Å². The molecule has 0 bridgehead atoms. The van der Waals surface area contributed by atoms with Gasteiger partial charge in [0.1, 0.15) is 0 Å². The smallest absolute Gasteiger partial charge is 0.0140 e. The maximum atomic E-state index is 2.24. The topological polar surface area (TPSA) is 0 Å². The Morgan fingerprint density at radius 2 is 1.47 bits per heavy atom. The summed E-state index contributed by atoms with van der Waals surface area (Å²) < 4.78 is 0. The quantitative estimate of drug-likeness (QED) is 0.670. The van der Waals surface area contributed by atoms with Crippen molar-refractivity contribution in [2.45, 2.75) is 13.8 Å². The van der Waals surface area contributed by atoms with Crippen molar-refractivity contribution in [1.29, 1.82) is 0 Å². The van der Waals surface area contributed by atoms with Crippen LogP contribution in [0.5, 0.6) is 0 Å². The molecule has 1 aliphatic carbocycles. The molecule has 0 heterocycles. The Kier molecular flexibility index (Phi) is 2.36. The van der Waals surface area contributed by atoms with Crippen molar-refractivity contribution < 1.29 is 0 Å². The van der Waals surface area contributed by atoms with Crippen LogP contribution in [0, 0.1) is 20.3 Å². The lowest BCUT2D eigenvalue weighted by atomic mass is 9.93. The normalized spacial score (nSPS) is 13.4. The number of rotatable bonds is 1. The Hall–Kier alpha value is -1.82. The second kappa shape index (κ2) is 3.89. The van der Waals surface area contributed by atoms with Gasteiger partial charge in [0.05, 0.1) is 0 Å². The molecular formula is C17H15. The van der Waals surface area contributed by atoms with Gasteiger partial charge in [-0.25, -0.2) is 0 Å². The first-order valence-electron chi connectivity index (χ1n) is 5.98.